The molecule has 0 fully saturated rings. The van der Waals surface area contributed by atoms with Crippen LogP contribution in [0.2, 0.25) is 0 Å². The summed E-state index contributed by atoms with van der Waals surface area (Å²) < 4.78 is 23.8. The SMILES string of the molecule is Fc1cc(OCc2ccoc2)ccc1Br. The molecule has 0 aliphatic rings. The van der Waals surface area contributed by atoms with Crippen molar-refractivity contribution >= 4 is 15.9 Å². The minimum Gasteiger partial charge on any atom is -0.489 e. The van der Waals surface area contributed by atoms with Gasteiger partial charge in [0, 0.05) is 11.6 Å². The van der Waals surface area contributed by atoms with E-state index in [-0.39, 0.29) is 5.82 Å². The lowest BCUT2D eigenvalue weighted by atomic mass is 10.3. The van der Waals surface area contributed by atoms with Crippen LogP contribution in [0.5, 0.6) is 5.75 Å². The first-order valence-electron chi connectivity index (χ1n) is 4.34. The van der Waals surface area contributed by atoms with Crippen LogP contribution in [-0.4, -0.2) is 0 Å². The quantitative estimate of drug-likeness (QED) is 0.848. The van der Waals surface area contributed by atoms with E-state index >= 15 is 0 Å². The van der Waals surface area contributed by atoms with E-state index < -0.39 is 0 Å². The molecule has 0 N–H and O–H groups in total. The van der Waals surface area contributed by atoms with Crippen LogP contribution < -0.4 is 4.74 Å². The van der Waals surface area contributed by atoms with E-state index in [1.165, 1.54) is 6.07 Å². The minimum absolute atomic E-state index is 0.334. The molecule has 1 aromatic carbocycles. The van der Waals surface area contributed by atoms with E-state index in [1.54, 1.807) is 30.7 Å². The Balaban J connectivity index is 2.02. The van der Waals surface area contributed by atoms with E-state index in [1.807, 2.05) is 0 Å². The highest BCUT2D eigenvalue weighted by atomic mass is 79.9. The highest BCUT2D eigenvalue weighted by molar-refractivity contribution is 9.10. The normalized spacial score (nSPS) is 10.3. The van der Waals surface area contributed by atoms with Crippen LogP contribution in [-0.2, 0) is 6.61 Å². The first-order valence-corrected chi connectivity index (χ1v) is 5.14. The van der Waals surface area contributed by atoms with E-state index in [2.05, 4.69) is 15.9 Å². The lowest BCUT2D eigenvalue weighted by molar-refractivity contribution is 0.303. The number of ether oxygens (including phenoxy) is 1. The summed E-state index contributed by atoms with van der Waals surface area (Å²) >= 11 is 3.07. The summed E-state index contributed by atoms with van der Waals surface area (Å²) in [6.45, 7) is 0.373. The first kappa shape index (κ1) is 10.2. The fourth-order valence-corrected chi connectivity index (χ4v) is 1.35. The van der Waals surface area contributed by atoms with Crippen LogP contribution in [0.25, 0.3) is 0 Å². The van der Waals surface area contributed by atoms with Gasteiger partial charge in [-0.15, -0.1) is 0 Å². The molecule has 0 aliphatic heterocycles. The van der Waals surface area contributed by atoms with Crippen LogP contribution in [0.3, 0.4) is 0 Å². The summed E-state index contributed by atoms with van der Waals surface area (Å²) in [6, 6.07) is 6.45. The van der Waals surface area contributed by atoms with Crippen molar-refractivity contribution in [1.82, 2.24) is 0 Å². The Morgan fingerprint density at radius 1 is 1.33 bits per heavy atom. The van der Waals surface area contributed by atoms with E-state index in [0.717, 1.165) is 5.56 Å². The summed E-state index contributed by atoms with van der Waals surface area (Å²) in [5.41, 5.74) is 0.915. The average Bonchev–Trinajstić information content (AvgIpc) is 2.73. The van der Waals surface area contributed by atoms with Gasteiger partial charge in [-0.1, -0.05) is 0 Å². The molecule has 4 heteroatoms. The van der Waals surface area contributed by atoms with Crippen LogP contribution in [0.1, 0.15) is 5.56 Å². The summed E-state index contributed by atoms with van der Waals surface area (Å²) in [7, 11) is 0. The molecular weight excluding hydrogens is 263 g/mol. The van der Waals surface area contributed by atoms with Crippen molar-refractivity contribution in [2.75, 3.05) is 0 Å². The number of hydrogen-bond donors (Lipinski definition) is 0. The zero-order valence-electron chi connectivity index (χ0n) is 7.74. The number of benzene rings is 1. The molecule has 0 saturated heterocycles. The van der Waals surface area contributed by atoms with Gasteiger partial charge >= 0.3 is 0 Å². The molecule has 0 spiro atoms. The highest BCUT2D eigenvalue weighted by Crippen LogP contribution is 2.21. The minimum atomic E-state index is -0.334. The maximum Gasteiger partial charge on any atom is 0.141 e. The average molecular weight is 271 g/mol. The van der Waals surface area contributed by atoms with Gasteiger partial charge in [-0.3, -0.25) is 0 Å². The molecule has 1 heterocycles. The van der Waals surface area contributed by atoms with Gasteiger partial charge < -0.3 is 9.15 Å². The molecule has 0 aliphatic carbocycles. The molecule has 0 bridgehead atoms. The van der Waals surface area contributed by atoms with Gasteiger partial charge in [-0.05, 0) is 34.1 Å². The van der Waals surface area contributed by atoms with Gasteiger partial charge in [-0.2, -0.15) is 0 Å². The number of halogens is 2. The molecule has 0 radical (unpaired) electrons. The van der Waals surface area contributed by atoms with Crippen molar-refractivity contribution in [3.8, 4) is 5.75 Å². The third-order valence-electron chi connectivity index (χ3n) is 1.88. The molecule has 0 unspecified atom stereocenters. The molecule has 1 aromatic heterocycles. The molecule has 2 rings (SSSR count). The van der Waals surface area contributed by atoms with Gasteiger partial charge in [0.2, 0.25) is 0 Å². The molecule has 78 valence electrons. The Bertz CT molecular complexity index is 440. The van der Waals surface area contributed by atoms with Gasteiger partial charge in [0.1, 0.15) is 18.2 Å². The maximum absolute atomic E-state index is 13.1. The van der Waals surface area contributed by atoms with Crippen LogP contribution in [0, 0.1) is 5.82 Å². The molecule has 0 saturated carbocycles. The van der Waals surface area contributed by atoms with Gasteiger partial charge in [0.05, 0.1) is 17.0 Å². The van der Waals surface area contributed by atoms with E-state index in [9.17, 15) is 4.39 Å². The molecule has 15 heavy (non-hydrogen) atoms. The Labute approximate surface area is 94.8 Å². The Morgan fingerprint density at radius 2 is 2.20 bits per heavy atom. The van der Waals surface area contributed by atoms with Gasteiger partial charge in [-0.25, -0.2) is 4.39 Å². The lowest BCUT2D eigenvalue weighted by Crippen LogP contribution is -1.94. The lowest BCUT2D eigenvalue weighted by Gasteiger charge is -2.04. The number of rotatable bonds is 3. The molecule has 2 nitrogen and oxygen atoms in total. The van der Waals surface area contributed by atoms with Crippen LogP contribution in [0.4, 0.5) is 4.39 Å². The van der Waals surface area contributed by atoms with E-state index in [0.29, 0.717) is 16.8 Å². The van der Waals surface area contributed by atoms with Crippen molar-refractivity contribution in [1.29, 1.82) is 0 Å². The van der Waals surface area contributed by atoms with Crippen LogP contribution >= 0.6 is 15.9 Å². The van der Waals surface area contributed by atoms with Crippen molar-refractivity contribution < 1.29 is 13.5 Å². The highest BCUT2D eigenvalue weighted by Gasteiger charge is 2.02. The zero-order chi connectivity index (χ0) is 10.7. The predicted molar refractivity (Wildman–Crippen MR) is 57.1 cm³/mol. The molecule has 0 amide bonds. The summed E-state index contributed by atoms with van der Waals surface area (Å²) in [5.74, 6) is 0.164. The Morgan fingerprint density at radius 3 is 2.87 bits per heavy atom. The van der Waals surface area contributed by atoms with Crippen molar-refractivity contribution in [3.05, 3.63) is 52.6 Å². The second-order valence-electron chi connectivity index (χ2n) is 3.00. The zero-order valence-corrected chi connectivity index (χ0v) is 9.33. The van der Waals surface area contributed by atoms with Gasteiger partial charge in [0.25, 0.3) is 0 Å². The summed E-state index contributed by atoms with van der Waals surface area (Å²) in [6.07, 6.45) is 3.16. The smallest absolute Gasteiger partial charge is 0.141 e. The Kier molecular flexibility index (Phi) is 3.06. The largest absolute Gasteiger partial charge is 0.489 e. The monoisotopic (exact) mass is 270 g/mol. The summed E-state index contributed by atoms with van der Waals surface area (Å²) in [4.78, 5) is 0. The molecular formula is C11H8BrFO2. The van der Waals surface area contributed by atoms with Crippen molar-refractivity contribution in [2.45, 2.75) is 6.61 Å². The van der Waals surface area contributed by atoms with Gasteiger partial charge in [0.15, 0.2) is 0 Å². The third kappa shape index (κ3) is 2.59. The predicted octanol–water partition coefficient (Wildman–Crippen LogP) is 3.76. The topological polar surface area (TPSA) is 22.4 Å². The van der Waals surface area contributed by atoms with Crippen molar-refractivity contribution in [2.24, 2.45) is 0 Å². The summed E-state index contributed by atoms with van der Waals surface area (Å²) in [5, 5.41) is 0. The number of furan rings is 1. The molecule has 2 aromatic rings. The molecule has 0 atom stereocenters. The standard InChI is InChI=1S/C11H8BrFO2/c12-10-2-1-9(5-11(10)13)15-7-8-3-4-14-6-8/h1-6H,7H2. The first-order chi connectivity index (χ1) is 7.25. The van der Waals surface area contributed by atoms with E-state index in [4.69, 9.17) is 9.15 Å². The third-order valence-corrected chi connectivity index (χ3v) is 2.52. The fourth-order valence-electron chi connectivity index (χ4n) is 1.11. The maximum atomic E-state index is 13.1. The second kappa shape index (κ2) is 4.49. The van der Waals surface area contributed by atoms with Crippen molar-refractivity contribution in [3.63, 3.8) is 0 Å². The fraction of sp³-hybridized carbons (Fsp3) is 0.0909. The second-order valence-corrected chi connectivity index (χ2v) is 3.85. The van der Waals surface area contributed by atoms with Crippen LogP contribution in [0.15, 0.2) is 45.7 Å². The number of hydrogen-bond acceptors (Lipinski definition) is 2. The Hall–Kier alpha value is -1.29.